The molecule has 18 heavy (non-hydrogen) atoms. The topological polar surface area (TPSA) is 24.5 Å². The Morgan fingerprint density at radius 2 is 1.83 bits per heavy atom. The predicted octanol–water partition coefficient (Wildman–Crippen LogP) is 2.26. The zero-order chi connectivity index (χ0) is 13.3. The lowest BCUT2D eigenvalue weighted by Gasteiger charge is -2.43. The summed E-state index contributed by atoms with van der Waals surface area (Å²) in [7, 11) is 0. The van der Waals surface area contributed by atoms with Gasteiger partial charge in [-0.2, -0.15) is 0 Å². The number of likely N-dealkylation sites (N-methyl/N-ethyl adjacent to an activating group) is 1. The lowest BCUT2D eigenvalue weighted by Crippen LogP contribution is -2.57. The van der Waals surface area contributed by atoms with Gasteiger partial charge in [0.25, 0.3) is 0 Å². The van der Waals surface area contributed by atoms with Gasteiger partial charge in [0, 0.05) is 25.2 Å². The molecule has 4 unspecified atom stereocenters. The Morgan fingerprint density at radius 1 is 1.22 bits per heavy atom. The fourth-order valence-corrected chi connectivity index (χ4v) is 3.88. The van der Waals surface area contributed by atoms with Gasteiger partial charge in [-0.15, -0.1) is 0 Å². The Morgan fingerprint density at radius 3 is 2.39 bits per heavy atom. The summed E-state index contributed by atoms with van der Waals surface area (Å²) in [5.74, 6) is 0. The maximum atomic E-state index is 5.86. The molecule has 2 fully saturated rings. The summed E-state index contributed by atoms with van der Waals surface area (Å²) < 4.78 is 5.86. The van der Waals surface area contributed by atoms with Gasteiger partial charge >= 0.3 is 0 Å². The van der Waals surface area contributed by atoms with Crippen LogP contribution in [0.5, 0.6) is 0 Å². The van der Waals surface area contributed by atoms with Crippen LogP contribution >= 0.6 is 0 Å². The minimum atomic E-state index is 0.375. The maximum absolute atomic E-state index is 5.86. The molecule has 3 nitrogen and oxygen atoms in total. The van der Waals surface area contributed by atoms with Crippen molar-refractivity contribution in [3.8, 4) is 0 Å². The second kappa shape index (κ2) is 5.48. The molecule has 0 aromatic rings. The summed E-state index contributed by atoms with van der Waals surface area (Å²) in [4.78, 5) is 2.67. The third-order valence-corrected chi connectivity index (χ3v) is 4.65. The van der Waals surface area contributed by atoms with Crippen molar-refractivity contribution in [2.45, 2.75) is 71.8 Å². The lowest BCUT2D eigenvalue weighted by molar-refractivity contribution is -0.0837. The van der Waals surface area contributed by atoms with Gasteiger partial charge in [0.1, 0.15) is 0 Å². The number of nitrogens with one attached hydrogen (secondary N) is 1. The van der Waals surface area contributed by atoms with E-state index in [4.69, 9.17) is 4.74 Å². The van der Waals surface area contributed by atoms with E-state index >= 15 is 0 Å². The van der Waals surface area contributed by atoms with E-state index in [0.29, 0.717) is 29.7 Å². The average Bonchev–Trinajstić information content (AvgIpc) is 2.54. The number of hydrogen-bond acceptors (Lipinski definition) is 3. The Bertz CT molecular complexity index is 270. The fourth-order valence-electron chi connectivity index (χ4n) is 3.88. The van der Waals surface area contributed by atoms with Crippen LogP contribution in [0, 0.1) is 5.41 Å². The Kier molecular flexibility index (Phi) is 4.35. The van der Waals surface area contributed by atoms with E-state index in [1.165, 1.54) is 12.8 Å². The van der Waals surface area contributed by atoms with Crippen LogP contribution in [-0.4, -0.2) is 48.8 Å². The zero-order valence-electron chi connectivity index (χ0n) is 12.7. The van der Waals surface area contributed by atoms with Crippen molar-refractivity contribution in [2.24, 2.45) is 5.41 Å². The zero-order valence-corrected chi connectivity index (χ0v) is 12.7. The maximum Gasteiger partial charge on any atom is 0.0678 e. The second-order valence-electron chi connectivity index (χ2n) is 6.84. The lowest BCUT2D eigenvalue weighted by atomic mass is 9.86. The Balaban J connectivity index is 2.07. The standard InChI is InChI=1S/C15H30N2O/c1-6-16-14-13(7-8-15(14,4)5)17-9-11(2)18-12(3)10-17/h11-14,16H,6-10H2,1-5H3. The van der Waals surface area contributed by atoms with Gasteiger partial charge in [0.15, 0.2) is 0 Å². The molecule has 1 aliphatic carbocycles. The van der Waals surface area contributed by atoms with Crippen molar-refractivity contribution in [1.29, 1.82) is 0 Å². The average molecular weight is 254 g/mol. The molecular formula is C15H30N2O. The van der Waals surface area contributed by atoms with Crippen molar-refractivity contribution >= 4 is 0 Å². The van der Waals surface area contributed by atoms with E-state index in [1.54, 1.807) is 0 Å². The van der Waals surface area contributed by atoms with Crippen LogP contribution in [0.4, 0.5) is 0 Å². The molecule has 3 heteroatoms. The fraction of sp³-hybridized carbons (Fsp3) is 1.00. The normalized spacial score (nSPS) is 41.2. The van der Waals surface area contributed by atoms with Crippen LogP contribution in [-0.2, 0) is 4.74 Å². The van der Waals surface area contributed by atoms with Crippen molar-refractivity contribution in [3.63, 3.8) is 0 Å². The number of morpholine rings is 1. The Hall–Kier alpha value is -0.120. The quantitative estimate of drug-likeness (QED) is 0.836. The van der Waals surface area contributed by atoms with Gasteiger partial charge in [-0.05, 0) is 38.6 Å². The van der Waals surface area contributed by atoms with Gasteiger partial charge in [-0.3, -0.25) is 4.90 Å². The van der Waals surface area contributed by atoms with Crippen molar-refractivity contribution in [2.75, 3.05) is 19.6 Å². The van der Waals surface area contributed by atoms with E-state index in [2.05, 4.69) is 44.8 Å². The first-order chi connectivity index (χ1) is 8.44. The first kappa shape index (κ1) is 14.3. The second-order valence-corrected chi connectivity index (χ2v) is 6.84. The molecule has 1 N–H and O–H groups in total. The number of rotatable bonds is 3. The van der Waals surface area contributed by atoms with Gasteiger partial charge < -0.3 is 10.1 Å². The van der Waals surface area contributed by atoms with Gasteiger partial charge in [-0.25, -0.2) is 0 Å². The highest BCUT2D eigenvalue weighted by Gasteiger charge is 2.45. The first-order valence-corrected chi connectivity index (χ1v) is 7.57. The highest BCUT2D eigenvalue weighted by atomic mass is 16.5. The smallest absolute Gasteiger partial charge is 0.0678 e. The van der Waals surface area contributed by atoms with E-state index in [1.807, 2.05) is 0 Å². The summed E-state index contributed by atoms with van der Waals surface area (Å²) in [5.41, 5.74) is 0.422. The molecule has 1 saturated carbocycles. The van der Waals surface area contributed by atoms with Crippen molar-refractivity contribution in [3.05, 3.63) is 0 Å². The molecule has 2 rings (SSSR count). The molecule has 0 aromatic carbocycles. The van der Waals surface area contributed by atoms with E-state index in [-0.39, 0.29) is 0 Å². The molecule has 106 valence electrons. The molecule has 1 saturated heterocycles. The van der Waals surface area contributed by atoms with Gasteiger partial charge in [0.05, 0.1) is 12.2 Å². The SMILES string of the molecule is CCNC1C(N2CC(C)OC(C)C2)CCC1(C)C. The third-order valence-electron chi connectivity index (χ3n) is 4.65. The molecular weight excluding hydrogens is 224 g/mol. The largest absolute Gasteiger partial charge is 0.373 e. The van der Waals surface area contributed by atoms with E-state index in [0.717, 1.165) is 19.6 Å². The summed E-state index contributed by atoms with van der Waals surface area (Å²) in [6, 6.07) is 1.31. The number of nitrogens with zero attached hydrogens (tertiary/aromatic N) is 1. The van der Waals surface area contributed by atoms with Gasteiger partial charge in [-0.1, -0.05) is 20.8 Å². The Labute approximate surface area is 112 Å². The van der Waals surface area contributed by atoms with Crippen LogP contribution in [0.25, 0.3) is 0 Å². The highest BCUT2D eigenvalue weighted by molar-refractivity contribution is 5.01. The van der Waals surface area contributed by atoms with Crippen molar-refractivity contribution < 1.29 is 4.74 Å². The summed E-state index contributed by atoms with van der Waals surface area (Å²) in [6.45, 7) is 14.7. The van der Waals surface area contributed by atoms with Crippen LogP contribution in [0.2, 0.25) is 0 Å². The highest BCUT2D eigenvalue weighted by Crippen LogP contribution is 2.40. The molecule has 1 heterocycles. The van der Waals surface area contributed by atoms with Crippen LogP contribution in [0.1, 0.15) is 47.5 Å². The monoisotopic (exact) mass is 254 g/mol. The molecule has 1 aliphatic heterocycles. The van der Waals surface area contributed by atoms with Crippen LogP contribution in [0.3, 0.4) is 0 Å². The number of ether oxygens (including phenoxy) is 1. The van der Waals surface area contributed by atoms with Crippen LogP contribution in [0.15, 0.2) is 0 Å². The molecule has 0 radical (unpaired) electrons. The summed E-state index contributed by atoms with van der Waals surface area (Å²) in [6.07, 6.45) is 3.40. The summed E-state index contributed by atoms with van der Waals surface area (Å²) >= 11 is 0. The minimum absolute atomic E-state index is 0.375. The summed E-state index contributed by atoms with van der Waals surface area (Å²) in [5, 5.41) is 3.73. The molecule has 0 bridgehead atoms. The van der Waals surface area contributed by atoms with Gasteiger partial charge in [0.2, 0.25) is 0 Å². The third kappa shape index (κ3) is 2.89. The van der Waals surface area contributed by atoms with E-state index in [9.17, 15) is 0 Å². The van der Waals surface area contributed by atoms with E-state index < -0.39 is 0 Å². The predicted molar refractivity (Wildman–Crippen MR) is 75.8 cm³/mol. The molecule has 2 aliphatic rings. The minimum Gasteiger partial charge on any atom is -0.373 e. The molecule has 0 amide bonds. The number of hydrogen-bond donors (Lipinski definition) is 1. The first-order valence-electron chi connectivity index (χ1n) is 7.57. The molecule has 4 atom stereocenters. The molecule has 0 aromatic heterocycles. The van der Waals surface area contributed by atoms with Crippen LogP contribution < -0.4 is 5.32 Å². The van der Waals surface area contributed by atoms with Crippen molar-refractivity contribution in [1.82, 2.24) is 10.2 Å². The molecule has 0 spiro atoms.